The zero-order chi connectivity index (χ0) is 17.2. The van der Waals surface area contributed by atoms with E-state index in [1.54, 1.807) is 42.5 Å². The van der Waals surface area contributed by atoms with Gasteiger partial charge in [-0.25, -0.2) is 18.1 Å². The average molecular weight is 344 g/mol. The van der Waals surface area contributed by atoms with E-state index in [0.717, 1.165) is 5.56 Å². The molecule has 1 N–H and O–H groups in total. The lowest BCUT2D eigenvalue weighted by molar-refractivity contribution is 0.414. The lowest BCUT2D eigenvalue weighted by atomic mass is 10.2. The first-order valence-electron chi connectivity index (χ1n) is 7.11. The third-order valence-corrected chi connectivity index (χ3v) is 4.79. The number of nitrogens with zero attached hydrogens (tertiary/aromatic N) is 3. The smallest absolute Gasteiger partial charge is 0.261 e. The van der Waals surface area contributed by atoms with Gasteiger partial charge in [-0.1, -0.05) is 17.7 Å². The fourth-order valence-corrected chi connectivity index (χ4v) is 3.21. The van der Waals surface area contributed by atoms with Crippen molar-refractivity contribution < 1.29 is 13.2 Å². The van der Waals surface area contributed by atoms with Gasteiger partial charge in [-0.05, 0) is 25.1 Å². The van der Waals surface area contributed by atoms with E-state index >= 15 is 0 Å². The van der Waals surface area contributed by atoms with Gasteiger partial charge in [0.05, 0.1) is 23.4 Å². The molecule has 0 fully saturated rings. The second-order valence-corrected chi connectivity index (χ2v) is 6.86. The van der Waals surface area contributed by atoms with Gasteiger partial charge in [-0.2, -0.15) is 5.10 Å². The van der Waals surface area contributed by atoms with Crippen LogP contribution in [0.2, 0.25) is 0 Å². The fraction of sp³-hybridized carbons (Fsp3) is 0.125. The molecule has 3 rings (SSSR count). The number of benzene rings is 2. The normalized spacial score (nSPS) is 11.2. The number of aromatic nitrogens is 3. The number of nitrogens with one attached hydrogen (secondary N) is 1. The highest BCUT2D eigenvalue weighted by Crippen LogP contribution is 2.25. The molecule has 0 unspecified atom stereocenters. The number of ether oxygens (including phenoxy) is 1. The molecule has 24 heavy (non-hydrogen) atoms. The summed E-state index contributed by atoms with van der Waals surface area (Å²) in [6.07, 6.45) is 2.92. The summed E-state index contributed by atoms with van der Waals surface area (Å²) in [5, 5.41) is 4.04. The van der Waals surface area contributed by atoms with Crippen LogP contribution in [0.15, 0.2) is 60.0 Å². The lowest BCUT2D eigenvalue weighted by Crippen LogP contribution is -2.13. The second-order valence-electron chi connectivity index (χ2n) is 5.18. The van der Waals surface area contributed by atoms with Gasteiger partial charge in [-0.3, -0.25) is 4.72 Å². The fourth-order valence-electron chi connectivity index (χ4n) is 2.17. The Bertz CT molecular complexity index is 936. The molecule has 7 nitrogen and oxygen atoms in total. The SMILES string of the molecule is COc1cc(NS(=O)(=O)c2ccc(C)cc2)cc(-n2cncn2)c1. The van der Waals surface area contributed by atoms with E-state index in [1.165, 1.54) is 24.4 Å². The number of anilines is 1. The van der Waals surface area contributed by atoms with Crippen LogP contribution in [0, 0.1) is 6.92 Å². The Morgan fingerprint density at radius 1 is 1.12 bits per heavy atom. The maximum absolute atomic E-state index is 12.5. The van der Waals surface area contributed by atoms with Gasteiger partial charge in [0.1, 0.15) is 18.4 Å². The third-order valence-electron chi connectivity index (χ3n) is 3.39. The Hall–Kier alpha value is -2.87. The van der Waals surface area contributed by atoms with Gasteiger partial charge < -0.3 is 4.74 Å². The second kappa shape index (κ2) is 6.32. The van der Waals surface area contributed by atoms with E-state index in [-0.39, 0.29) is 4.90 Å². The van der Waals surface area contributed by atoms with Crippen molar-refractivity contribution in [2.75, 3.05) is 11.8 Å². The Kier molecular flexibility index (Phi) is 4.22. The largest absolute Gasteiger partial charge is 0.497 e. The zero-order valence-corrected chi connectivity index (χ0v) is 14.0. The van der Waals surface area contributed by atoms with E-state index < -0.39 is 10.0 Å². The first kappa shape index (κ1) is 16.0. The Morgan fingerprint density at radius 2 is 1.88 bits per heavy atom. The van der Waals surface area contributed by atoms with Gasteiger partial charge >= 0.3 is 0 Å². The molecule has 124 valence electrons. The van der Waals surface area contributed by atoms with Crippen molar-refractivity contribution >= 4 is 15.7 Å². The predicted molar refractivity (Wildman–Crippen MR) is 89.9 cm³/mol. The van der Waals surface area contributed by atoms with Gasteiger partial charge in [0, 0.05) is 12.1 Å². The molecule has 0 radical (unpaired) electrons. The van der Waals surface area contributed by atoms with E-state index in [9.17, 15) is 8.42 Å². The summed E-state index contributed by atoms with van der Waals surface area (Å²) in [4.78, 5) is 4.08. The molecule has 3 aromatic rings. The van der Waals surface area contributed by atoms with E-state index in [4.69, 9.17) is 4.74 Å². The molecule has 0 aliphatic carbocycles. The summed E-state index contributed by atoms with van der Waals surface area (Å²) in [5.41, 5.74) is 2.00. The topological polar surface area (TPSA) is 86.1 Å². The quantitative estimate of drug-likeness (QED) is 0.768. The molecule has 0 bridgehead atoms. The summed E-state index contributed by atoms with van der Waals surface area (Å²) in [7, 11) is -2.18. The summed E-state index contributed by atoms with van der Waals surface area (Å²) in [6, 6.07) is 11.6. The van der Waals surface area contributed by atoms with Crippen LogP contribution in [-0.4, -0.2) is 30.3 Å². The minimum absolute atomic E-state index is 0.193. The molecule has 0 spiro atoms. The number of aryl methyl sites for hydroxylation is 1. The molecular formula is C16H16N4O3S. The van der Waals surface area contributed by atoms with Crippen LogP contribution < -0.4 is 9.46 Å². The number of rotatable bonds is 5. The van der Waals surface area contributed by atoms with Crippen molar-refractivity contribution in [3.8, 4) is 11.4 Å². The van der Waals surface area contributed by atoms with Gasteiger partial charge in [0.15, 0.2) is 0 Å². The van der Waals surface area contributed by atoms with E-state index in [1.807, 2.05) is 6.92 Å². The van der Waals surface area contributed by atoms with Crippen LogP contribution in [0.25, 0.3) is 5.69 Å². The molecule has 0 saturated heterocycles. The van der Waals surface area contributed by atoms with Crippen LogP contribution in [-0.2, 0) is 10.0 Å². The lowest BCUT2D eigenvalue weighted by Gasteiger charge is -2.12. The summed E-state index contributed by atoms with van der Waals surface area (Å²) >= 11 is 0. The minimum atomic E-state index is -3.69. The molecule has 0 aliphatic heterocycles. The number of hydrogen-bond acceptors (Lipinski definition) is 5. The highest BCUT2D eigenvalue weighted by atomic mass is 32.2. The number of sulfonamides is 1. The molecule has 8 heteroatoms. The highest BCUT2D eigenvalue weighted by molar-refractivity contribution is 7.92. The van der Waals surface area contributed by atoms with Gasteiger partial charge in [0.25, 0.3) is 10.0 Å². The van der Waals surface area contributed by atoms with Crippen molar-refractivity contribution in [2.24, 2.45) is 0 Å². The van der Waals surface area contributed by atoms with Gasteiger partial charge in [-0.15, -0.1) is 0 Å². The Labute approximate surface area is 140 Å². The molecule has 1 aromatic heterocycles. The van der Waals surface area contributed by atoms with Crippen molar-refractivity contribution in [2.45, 2.75) is 11.8 Å². The first-order valence-corrected chi connectivity index (χ1v) is 8.60. The maximum Gasteiger partial charge on any atom is 0.261 e. The summed E-state index contributed by atoms with van der Waals surface area (Å²) < 4.78 is 34.4. The number of methoxy groups -OCH3 is 1. The standard InChI is InChI=1S/C16H16N4O3S/c1-12-3-5-16(6-4-12)24(21,22)19-13-7-14(9-15(8-13)23-2)20-11-17-10-18-20/h3-11,19H,1-2H3. The summed E-state index contributed by atoms with van der Waals surface area (Å²) in [6.45, 7) is 1.90. The molecular weight excluding hydrogens is 328 g/mol. The average Bonchev–Trinajstić information content (AvgIpc) is 3.09. The maximum atomic E-state index is 12.5. The van der Waals surface area contributed by atoms with E-state index in [0.29, 0.717) is 17.1 Å². The molecule has 2 aromatic carbocycles. The summed E-state index contributed by atoms with van der Waals surface area (Å²) in [5.74, 6) is 0.504. The molecule has 0 saturated carbocycles. The molecule has 0 atom stereocenters. The molecule has 1 heterocycles. The van der Waals surface area contributed by atoms with Gasteiger partial charge in [0.2, 0.25) is 0 Å². The van der Waals surface area contributed by atoms with Crippen molar-refractivity contribution in [1.82, 2.24) is 14.8 Å². The molecule has 0 amide bonds. The minimum Gasteiger partial charge on any atom is -0.497 e. The van der Waals surface area contributed by atoms with Crippen LogP contribution >= 0.6 is 0 Å². The van der Waals surface area contributed by atoms with Crippen molar-refractivity contribution in [1.29, 1.82) is 0 Å². The van der Waals surface area contributed by atoms with Crippen molar-refractivity contribution in [3.05, 3.63) is 60.7 Å². The first-order chi connectivity index (χ1) is 11.5. The van der Waals surface area contributed by atoms with Crippen molar-refractivity contribution in [3.63, 3.8) is 0 Å². The monoisotopic (exact) mass is 344 g/mol. The van der Waals surface area contributed by atoms with Crippen LogP contribution in [0.5, 0.6) is 5.75 Å². The van der Waals surface area contributed by atoms with Crippen LogP contribution in [0.1, 0.15) is 5.56 Å². The van der Waals surface area contributed by atoms with Crippen LogP contribution in [0.3, 0.4) is 0 Å². The highest BCUT2D eigenvalue weighted by Gasteiger charge is 2.15. The Balaban J connectivity index is 1.97. The predicted octanol–water partition coefficient (Wildman–Crippen LogP) is 2.39. The third kappa shape index (κ3) is 3.38. The van der Waals surface area contributed by atoms with E-state index in [2.05, 4.69) is 14.8 Å². The van der Waals surface area contributed by atoms with Crippen LogP contribution in [0.4, 0.5) is 5.69 Å². The Morgan fingerprint density at radius 3 is 2.50 bits per heavy atom. The number of hydrogen-bond donors (Lipinski definition) is 1. The molecule has 0 aliphatic rings. The zero-order valence-electron chi connectivity index (χ0n) is 13.2.